The van der Waals surface area contributed by atoms with Gasteiger partial charge in [-0.1, -0.05) is 41.9 Å². The van der Waals surface area contributed by atoms with Crippen molar-refractivity contribution in [3.63, 3.8) is 0 Å². The predicted octanol–water partition coefficient (Wildman–Crippen LogP) is 0.536. The monoisotopic (exact) mass is 823 g/mol. The number of piperazine rings is 1. The molecule has 0 saturated carbocycles. The summed E-state index contributed by atoms with van der Waals surface area (Å²) in [4.78, 5) is 108. The van der Waals surface area contributed by atoms with Crippen molar-refractivity contribution in [3.8, 4) is 11.5 Å². The third kappa shape index (κ3) is 7.49. The number of thioether (sulfide) groups is 1. The zero-order valence-electron chi connectivity index (χ0n) is 30.1. The van der Waals surface area contributed by atoms with Crippen LogP contribution in [0.4, 0.5) is 4.79 Å². The Kier molecular flexibility index (Phi) is 11.2. The van der Waals surface area contributed by atoms with Crippen LogP contribution in [0.3, 0.4) is 0 Å². The summed E-state index contributed by atoms with van der Waals surface area (Å²) < 4.78 is 0. The number of aliphatic carboxylic acids is 1. The van der Waals surface area contributed by atoms with Crippen LogP contribution in [0.25, 0.3) is 0 Å². The molecule has 5 aliphatic heterocycles. The van der Waals surface area contributed by atoms with E-state index in [4.69, 9.17) is 11.6 Å². The van der Waals surface area contributed by atoms with Crippen molar-refractivity contribution in [2.45, 2.75) is 61.3 Å². The summed E-state index contributed by atoms with van der Waals surface area (Å²) in [6.45, 7) is -0.320. The molecule has 300 valence electrons. The quantitative estimate of drug-likeness (QED) is 0.0785. The first-order valence-corrected chi connectivity index (χ1v) is 19.6. The maximum Gasteiger partial charge on any atom is 0.352 e. The molecule has 7 amide bonds. The van der Waals surface area contributed by atoms with Crippen molar-refractivity contribution in [1.29, 1.82) is 0 Å². The number of carbonyl (C=O) groups excluding carboxylic acids is 7. The molecule has 6 atom stereocenters. The van der Waals surface area contributed by atoms with Crippen LogP contribution in [-0.2, 0) is 28.8 Å². The van der Waals surface area contributed by atoms with E-state index in [2.05, 4.69) is 20.9 Å². The zero-order chi connectivity index (χ0) is 40.7. The molecular formula is C37H38ClN7O11S. The fraction of sp³-hybridized carbons (Fsp3) is 0.405. The van der Waals surface area contributed by atoms with E-state index in [1.165, 1.54) is 28.8 Å². The molecule has 57 heavy (non-hydrogen) atoms. The number of carbonyl (C=O) groups is 8. The molecule has 0 aromatic heterocycles. The third-order valence-electron chi connectivity index (χ3n) is 11.0. The van der Waals surface area contributed by atoms with Gasteiger partial charge in [-0.25, -0.2) is 9.59 Å². The second-order valence-corrected chi connectivity index (χ2v) is 15.8. The van der Waals surface area contributed by atoms with Gasteiger partial charge in [-0.2, -0.15) is 0 Å². The van der Waals surface area contributed by atoms with Crippen LogP contribution in [0, 0.1) is 0 Å². The highest BCUT2D eigenvalue weighted by molar-refractivity contribution is 8.00. The maximum absolute atomic E-state index is 13.8. The molecule has 7 rings (SSSR count). The minimum absolute atomic E-state index is 0.0147. The van der Waals surface area contributed by atoms with E-state index in [-0.39, 0.29) is 66.3 Å². The average molecular weight is 824 g/mol. The number of aromatic hydroxyl groups is 2. The van der Waals surface area contributed by atoms with E-state index in [1.807, 2.05) is 0 Å². The van der Waals surface area contributed by atoms with E-state index >= 15 is 0 Å². The standard InChI is InChI=1S/C37H38ClN7O11S/c38-25-23(8-9-24(47)29(25)48)30(49)39-20-14-21-6-7-22(15-20)44(21)16-19-17-57-35-27(32(51)45(35)28(19)36(54)55)40-31(50)26(18-4-2-1-3-5-18)41-37(56)43-11-10-42(12-13-46)33(52)34(43)53/h1-5,8-9,13,20-22,26-27,35,47-48H,6-7,10-12,14-17H2,(H,39,49)(H,40,50)(H,41,56)(H,54,55)/t20?,21-,22+,26-,27-,35-/m1/s1. The fourth-order valence-corrected chi connectivity index (χ4v) is 9.77. The number of imide groups is 1. The minimum atomic E-state index is -1.40. The Morgan fingerprint density at radius 2 is 1.65 bits per heavy atom. The Balaban J connectivity index is 1.01. The summed E-state index contributed by atoms with van der Waals surface area (Å²) in [6.07, 6.45) is 3.25. The number of halogens is 1. The molecular weight excluding hydrogens is 786 g/mol. The number of urea groups is 1. The first-order valence-electron chi connectivity index (χ1n) is 18.2. The van der Waals surface area contributed by atoms with Crippen LogP contribution in [0.1, 0.15) is 47.6 Å². The highest BCUT2D eigenvalue weighted by Gasteiger charge is 2.55. The van der Waals surface area contributed by atoms with Gasteiger partial charge in [0.15, 0.2) is 11.5 Å². The number of carboxylic acids is 1. The van der Waals surface area contributed by atoms with Crippen LogP contribution < -0.4 is 16.0 Å². The highest BCUT2D eigenvalue weighted by atomic mass is 35.5. The Labute approximate surface area is 334 Å². The summed E-state index contributed by atoms with van der Waals surface area (Å²) in [6, 6.07) is 6.81. The normalized spacial score (nSPS) is 25.0. The van der Waals surface area contributed by atoms with Gasteiger partial charge in [0.2, 0.25) is 5.91 Å². The Morgan fingerprint density at radius 3 is 2.32 bits per heavy atom. The van der Waals surface area contributed by atoms with Gasteiger partial charge in [0, 0.05) is 43.5 Å². The first kappa shape index (κ1) is 39.6. The second kappa shape index (κ2) is 16.1. The number of fused-ring (bicyclic) bond motifs is 3. The van der Waals surface area contributed by atoms with E-state index < -0.39 is 70.5 Å². The molecule has 1 unspecified atom stereocenters. The van der Waals surface area contributed by atoms with Gasteiger partial charge in [-0.05, 0) is 49.0 Å². The molecule has 20 heteroatoms. The van der Waals surface area contributed by atoms with E-state index in [0.29, 0.717) is 35.2 Å². The van der Waals surface area contributed by atoms with Crippen LogP contribution >= 0.6 is 23.4 Å². The SMILES string of the molecule is O=CCN1CCN(C(=O)N[C@@H](C(=O)N[C@@H]2C(=O)N3C(C(=O)O)=C(CN4[C@@H]5CC[C@H]4CC(NC(=O)c4ccc(O)c(O)c4Cl)C5)CS[C@H]23)c2ccccc2)C(=O)C1=O. The van der Waals surface area contributed by atoms with Crippen molar-refractivity contribution in [2.24, 2.45) is 0 Å². The van der Waals surface area contributed by atoms with Crippen LogP contribution in [0.5, 0.6) is 11.5 Å². The maximum atomic E-state index is 13.8. The van der Waals surface area contributed by atoms with Gasteiger partial charge in [0.25, 0.3) is 11.8 Å². The van der Waals surface area contributed by atoms with Crippen LogP contribution in [0.2, 0.25) is 5.02 Å². The molecule has 2 bridgehead atoms. The van der Waals surface area contributed by atoms with Crippen LogP contribution in [0.15, 0.2) is 53.7 Å². The number of piperidine rings is 1. The number of carboxylic acid groups (broad SMARTS) is 1. The van der Waals surface area contributed by atoms with Gasteiger partial charge < -0.3 is 41.0 Å². The van der Waals surface area contributed by atoms with Gasteiger partial charge in [-0.15, -0.1) is 11.8 Å². The molecule has 4 fully saturated rings. The molecule has 0 spiro atoms. The fourth-order valence-electron chi connectivity index (χ4n) is 8.18. The van der Waals surface area contributed by atoms with Gasteiger partial charge in [0.1, 0.15) is 29.4 Å². The van der Waals surface area contributed by atoms with Gasteiger partial charge in [0.05, 0.1) is 17.1 Å². The van der Waals surface area contributed by atoms with Crippen molar-refractivity contribution >= 4 is 71.2 Å². The van der Waals surface area contributed by atoms with E-state index in [9.17, 15) is 53.7 Å². The number of hydrogen-bond donors (Lipinski definition) is 6. The third-order valence-corrected chi connectivity index (χ3v) is 12.7. The average Bonchev–Trinajstić information content (AvgIpc) is 3.42. The number of β-lactam (4-membered cyclic amide) rings is 1. The molecule has 2 aromatic carbocycles. The lowest BCUT2D eigenvalue weighted by Crippen LogP contribution is -2.71. The predicted molar refractivity (Wildman–Crippen MR) is 201 cm³/mol. The lowest BCUT2D eigenvalue weighted by molar-refractivity contribution is -0.154. The summed E-state index contributed by atoms with van der Waals surface area (Å²) in [7, 11) is 0. The second-order valence-electron chi connectivity index (χ2n) is 14.3. The van der Waals surface area contributed by atoms with Gasteiger partial charge in [-0.3, -0.25) is 38.7 Å². The lowest BCUT2D eigenvalue weighted by atomic mass is 9.95. The number of nitrogens with one attached hydrogen (secondary N) is 3. The molecule has 18 nitrogen and oxygen atoms in total. The number of phenolic OH excluding ortho intramolecular Hbond substituents is 2. The number of phenols is 2. The molecule has 0 radical (unpaired) electrons. The van der Waals surface area contributed by atoms with Crippen LogP contribution in [-0.4, -0.2) is 144 Å². The zero-order valence-corrected chi connectivity index (χ0v) is 31.7. The number of benzene rings is 2. The molecule has 6 N–H and O–H groups in total. The molecule has 5 aliphatic rings. The van der Waals surface area contributed by atoms with Crippen molar-refractivity contribution in [2.75, 3.05) is 31.9 Å². The smallest absolute Gasteiger partial charge is 0.352 e. The topological polar surface area (TPSA) is 246 Å². The Hall–Kier alpha value is -5.66. The molecule has 2 aromatic rings. The van der Waals surface area contributed by atoms with Crippen molar-refractivity contribution < 1.29 is 53.7 Å². The summed E-state index contributed by atoms with van der Waals surface area (Å²) in [5.74, 6) is -6.21. The molecule has 4 saturated heterocycles. The number of rotatable bonds is 11. The minimum Gasteiger partial charge on any atom is -0.504 e. The van der Waals surface area contributed by atoms with E-state index in [1.54, 1.807) is 30.3 Å². The number of hydrogen-bond acceptors (Lipinski definition) is 12. The number of aldehydes is 1. The van der Waals surface area contributed by atoms with Crippen molar-refractivity contribution in [1.82, 2.24) is 35.6 Å². The van der Waals surface area contributed by atoms with E-state index in [0.717, 1.165) is 17.7 Å². The number of nitrogens with zero attached hydrogens (tertiary/aromatic N) is 4. The first-order chi connectivity index (χ1) is 27.3. The number of amides is 7. The Morgan fingerprint density at radius 1 is 0.947 bits per heavy atom. The summed E-state index contributed by atoms with van der Waals surface area (Å²) in [5, 5.41) is 37.1. The van der Waals surface area contributed by atoms with Gasteiger partial charge >= 0.3 is 23.8 Å². The summed E-state index contributed by atoms with van der Waals surface area (Å²) in [5.41, 5.74) is 0.721. The Bertz CT molecular complexity index is 2070. The summed E-state index contributed by atoms with van der Waals surface area (Å²) >= 11 is 7.39. The largest absolute Gasteiger partial charge is 0.504 e. The van der Waals surface area contributed by atoms with Crippen molar-refractivity contribution in [3.05, 3.63) is 69.9 Å². The molecule has 0 aliphatic carbocycles. The lowest BCUT2D eigenvalue weighted by Gasteiger charge is -2.50. The highest BCUT2D eigenvalue weighted by Crippen LogP contribution is 2.43. The molecule has 5 heterocycles.